The van der Waals surface area contributed by atoms with Crippen molar-refractivity contribution >= 4 is 5.91 Å². The lowest BCUT2D eigenvalue weighted by Crippen LogP contribution is -2.50. The van der Waals surface area contributed by atoms with Crippen molar-refractivity contribution < 1.29 is 23.7 Å². The molecule has 2 aromatic rings. The van der Waals surface area contributed by atoms with Gasteiger partial charge in [0.15, 0.2) is 0 Å². The van der Waals surface area contributed by atoms with Crippen LogP contribution in [0.15, 0.2) is 48.5 Å². The summed E-state index contributed by atoms with van der Waals surface area (Å²) in [7, 11) is 1.62. The highest BCUT2D eigenvalue weighted by molar-refractivity contribution is 5.94. The Kier molecular flexibility index (Phi) is 6.68. The van der Waals surface area contributed by atoms with Gasteiger partial charge in [0.1, 0.15) is 23.4 Å². The van der Waals surface area contributed by atoms with Crippen LogP contribution in [0.1, 0.15) is 23.7 Å². The molecule has 1 saturated heterocycles. The number of hydrogen-bond donors (Lipinski definition) is 1. The maximum Gasteiger partial charge on any atom is 0.251 e. The third kappa shape index (κ3) is 5.21. The molecule has 0 saturated carbocycles. The van der Waals surface area contributed by atoms with Gasteiger partial charge in [0, 0.05) is 18.8 Å². The number of carbonyl (C=O) groups is 1. The minimum absolute atomic E-state index is 0.0403. The number of rotatable bonds is 7. The van der Waals surface area contributed by atoms with Gasteiger partial charge < -0.3 is 24.3 Å². The van der Waals surface area contributed by atoms with Crippen LogP contribution in [0.5, 0.6) is 17.2 Å². The van der Waals surface area contributed by atoms with Crippen molar-refractivity contribution in [1.82, 2.24) is 5.32 Å². The van der Waals surface area contributed by atoms with Gasteiger partial charge in [0.2, 0.25) is 0 Å². The van der Waals surface area contributed by atoms with E-state index < -0.39 is 0 Å². The van der Waals surface area contributed by atoms with E-state index in [9.17, 15) is 4.79 Å². The number of ether oxygens (including phenoxy) is 4. The van der Waals surface area contributed by atoms with Crippen molar-refractivity contribution in [1.29, 1.82) is 0 Å². The summed E-state index contributed by atoms with van der Waals surface area (Å²) in [6, 6.07) is 14.4. The quantitative estimate of drug-likeness (QED) is 0.808. The van der Waals surface area contributed by atoms with Crippen LogP contribution in [0.4, 0.5) is 0 Å². The number of amides is 1. The molecule has 1 heterocycles. The first-order valence-corrected chi connectivity index (χ1v) is 9.11. The van der Waals surface area contributed by atoms with E-state index in [1.807, 2.05) is 31.2 Å². The van der Waals surface area contributed by atoms with E-state index in [0.717, 1.165) is 12.2 Å². The molecule has 3 rings (SSSR count). The Labute approximate surface area is 159 Å². The SMILES string of the molecule is CCO[C@@H]1COCC[C@H]1NC(=O)c1ccc(Oc2ccc(OC)cc2)cc1. The molecule has 2 atom stereocenters. The van der Waals surface area contributed by atoms with Crippen LogP contribution >= 0.6 is 0 Å². The van der Waals surface area contributed by atoms with Crippen LogP contribution in [-0.2, 0) is 9.47 Å². The summed E-state index contributed by atoms with van der Waals surface area (Å²) in [5.74, 6) is 2.01. The van der Waals surface area contributed by atoms with E-state index >= 15 is 0 Å². The minimum Gasteiger partial charge on any atom is -0.497 e. The van der Waals surface area contributed by atoms with E-state index in [0.29, 0.717) is 36.9 Å². The van der Waals surface area contributed by atoms with Gasteiger partial charge in [-0.05, 0) is 61.9 Å². The van der Waals surface area contributed by atoms with Crippen molar-refractivity contribution in [2.24, 2.45) is 0 Å². The largest absolute Gasteiger partial charge is 0.497 e. The van der Waals surface area contributed by atoms with Gasteiger partial charge in [-0.3, -0.25) is 4.79 Å². The second-order valence-corrected chi connectivity index (χ2v) is 6.24. The van der Waals surface area contributed by atoms with Crippen molar-refractivity contribution in [2.75, 3.05) is 26.9 Å². The highest BCUT2D eigenvalue weighted by Gasteiger charge is 2.27. The third-order valence-electron chi connectivity index (χ3n) is 4.41. The smallest absolute Gasteiger partial charge is 0.251 e. The highest BCUT2D eigenvalue weighted by atomic mass is 16.5. The number of hydrogen-bond acceptors (Lipinski definition) is 5. The number of nitrogens with one attached hydrogen (secondary N) is 1. The summed E-state index contributed by atoms with van der Waals surface area (Å²) in [6.45, 7) is 3.67. The van der Waals surface area contributed by atoms with Gasteiger partial charge in [0.25, 0.3) is 5.91 Å². The molecule has 1 N–H and O–H groups in total. The molecule has 2 aromatic carbocycles. The molecule has 0 unspecified atom stereocenters. The lowest BCUT2D eigenvalue weighted by atomic mass is 10.1. The predicted octanol–water partition coefficient (Wildman–Crippen LogP) is 3.41. The summed E-state index contributed by atoms with van der Waals surface area (Å²) in [6.07, 6.45) is 0.639. The second-order valence-electron chi connectivity index (χ2n) is 6.24. The summed E-state index contributed by atoms with van der Waals surface area (Å²) >= 11 is 0. The van der Waals surface area contributed by atoms with Gasteiger partial charge >= 0.3 is 0 Å². The van der Waals surface area contributed by atoms with Crippen LogP contribution < -0.4 is 14.8 Å². The molecule has 1 amide bonds. The summed E-state index contributed by atoms with van der Waals surface area (Å²) in [4.78, 5) is 12.5. The Morgan fingerprint density at radius 3 is 2.33 bits per heavy atom. The second kappa shape index (κ2) is 9.39. The van der Waals surface area contributed by atoms with Gasteiger partial charge in [-0.2, -0.15) is 0 Å². The molecule has 1 aliphatic heterocycles. The number of methoxy groups -OCH3 is 1. The Bertz CT molecular complexity index is 727. The minimum atomic E-state index is -0.123. The van der Waals surface area contributed by atoms with Crippen LogP contribution in [0.3, 0.4) is 0 Å². The van der Waals surface area contributed by atoms with Gasteiger partial charge in [-0.15, -0.1) is 0 Å². The fraction of sp³-hybridized carbons (Fsp3) is 0.381. The van der Waals surface area contributed by atoms with Gasteiger partial charge in [0.05, 0.1) is 19.8 Å². The molecule has 0 aliphatic carbocycles. The standard InChI is InChI=1S/C21H25NO5/c1-3-26-20-14-25-13-12-19(20)22-21(23)15-4-6-17(7-5-15)27-18-10-8-16(24-2)9-11-18/h4-11,19-20H,3,12-14H2,1-2H3,(H,22,23)/t19-,20-/m1/s1. The molecule has 0 spiro atoms. The molecule has 144 valence electrons. The molecule has 0 radical (unpaired) electrons. The predicted molar refractivity (Wildman–Crippen MR) is 102 cm³/mol. The summed E-state index contributed by atoms with van der Waals surface area (Å²) < 4.78 is 22.0. The zero-order chi connectivity index (χ0) is 19.1. The van der Waals surface area contributed by atoms with Crippen molar-refractivity contribution in [3.05, 3.63) is 54.1 Å². The molecule has 6 heteroatoms. The first-order chi connectivity index (χ1) is 13.2. The molecule has 0 bridgehead atoms. The average Bonchev–Trinajstić information content (AvgIpc) is 2.71. The van der Waals surface area contributed by atoms with E-state index in [2.05, 4.69) is 5.32 Å². The first-order valence-electron chi connectivity index (χ1n) is 9.11. The molecule has 1 fully saturated rings. The number of carbonyl (C=O) groups excluding carboxylic acids is 1. The van der Waals surface area contributed by atoms with Crippen LogP contribution in [-0.4, -0.2) is 45.0 Å². The van der Waals surface area contributed by atoms with Crippen LogP contribution in [0.2, 0.25) is 0 Å². The molecule has 1 aliphatic rings. The zero-order valence-corrected chi connectivity index (χ0v) is 15.6. The maximum atomic E-state index is 12.5. The highest BCUT2D eigenvalue weighted by Crippen LogP contribution is 2.24. The lowest BCUT2D eigenvalue weighted by molar-refractivity contribution is -0.0632. The Hall–Kier alpha value is -2.57. The van der Waals surface area contributed by atoms with Crippen molar-refractivity contribution in [3.63, 3.8) is 0 Å². The fourth-order valence-electron chi connectivity index (χ4n) is 2.96. The Balaban J connectivity index is 1.59. The zero-order valence-electron chi connectivity index (χ0n) is 15.6. The molecule has 27 heavy (non-hydrogen) atoms. The first kappa shape index (κ1) is 19.2. The maximum absolute atomic E-state index is 12.5. The average molecular weight is 371 g/mol. The van der Waals surface area contributed by atoms with Crippen molar-refractivity contribution in [3.8, 4) is 17.2 Å². The molecular weight excluding hydrogens is 346 g/mol. The molecule has 6 nitrogen and oxygen atoms in total. The van der Waals surface area contributed by atoms with E-state index in [4.69, 9.17) is 18.9 Å². The molecular formula is C21H25NO5. The van der Waals surface area contributed by atoms with Crippen LogP contribution in [0, 0.1) is 0 Å². The van der Waals surface area contributed by atoms with Crippen LogP contribution in [0.25, 0.3) is 0 Å². The fourth-order valence-corrected chi connectivity index (χ4v) is 2.96. The lowest BCUT2D eigenvalue weighted by Gasteiger charge is -2.31. The van der Waals surface area contributed by atoms with E-state index in [1.165, 1.54) is 0 Å². The molecule has 0 aromatic heterocycles. The van der Waals surface area contributed by atoms with Gasteiger partial charge in [-0.25, -0.2) is 0 Å². The van der Waals surface area contributed by atoms with E-state index in [-0.39, 0.29) is 18.1 Å². The summed E-state index contributed by atoms with van der Waals surface area (Å²) in [5, 5.41) is 3.05. The third-order valence-corrected chi connectivity index (χ3v) is 4.41. The Morgan fingerprint density at radius 1 is 1.07 bits per heavy atom. The normalized spacial score (nSPS) is 19.3. The Morgan fingerprint density at radius 2 is 1.70 bits per heavy atom. The topological polar surface area (TPSA) is 66.0 Å². The van der Waals surface area contributed by atoms with E-state index in [1.54, 1.807) is 31.4 Å². The summed E-state index contributed by atoms with van der Waals surface area (Å²) in [5.41, 5.74) is 0.582. The number of benzene rings is 2. The van der Waals surface area contributed by atoms with Gasteiger partial charge in [-0.1, -0.05) is 0 Å². The monoisotopic (exact) mass is 371 g/mol. The van der Waals surface area contributed by atoms with Crippen molar-refractivity contribution in [2.45, 2.75) is 25.5 Å².